The van der Waals surface area contributed by atoms with E-state index >= 15 is 0 Å². The second kappa shape index (κ2) is 8.76. The molecule has 1 saturated carbocycles. The summed E-state index contributed by atoms with van der Waals surface area (Å²) in [5.74, 6) is -0.821. The van der Waals surface area contributed by atoms with Crippen molar-refractivity contribution in [2.24, 2.45) is 23.2 Å². The highest BCUT2D eigenvalue weighted by molar-refractivity contribution is 5.71. The van der Waals surface area contributed by atoms with Crippen molar-refractivity contribution >= 4 is 18.0 Å². The lowest BCUT2D eigenvalue weighted by Crippen LogP contribution is -2.53. The van der Waals surface area contributed by atoms with Crippen LogP contribution in [0.15, 0.2) is 11.6 Å². The van der Waals surface area contributed by atoms with Gasteiger partial charge in [0, 0.05) is 24.3 Å². The maximum Gasteiger partial charge on any atom is 0.410 e. The molecule has 2 N–H and O–H groups in total. The van der Waals surface area contributed by atoms with Gasteiger partial charge in [-0.15, -0.1) is 0 Å². The molecule has 0 heterocycles. The molecule has 0 unspecified atom stereocenters. The van der Waals surface area contributed by atoms with Gasteiger partial charge >= 0.3 is 18.0 Å². The summed E-state index contributed by atoms with van der Waals surface area (Å²) in [6.45, 7) is 7.59. The first kappa shape index (κ1) is 21.3. The van der Waals surface area contributed by atoms with Crippen molar-refractivity contribution in [3.8, 4) is 0 Å². The van der Waals surface area contributed by atoms with Crippen molar-refractivity contribution in [1.82, 2.24) is 5.32 Å². The smallest absolute Gasteiger partial charge is 0.410 e. The number of carboxylic acids is 1. The van der Waals surface area contributed by atoms with Crippen molar-refractivity contribution in [3.63, 3.8) is 0 Å². The van der Waals surface area contributed by atoms with Gasteiger partial charge in [-0.3, -0.25) is 9.59 Å². The Morgan fingerprint density at radius 2 is 2.00 bits per heavy atom. The third-order valence-electron chi connectivity index (χ3n) is 5.67. The number of ether oxygens (including phenoxy) is 2. The summed E-state index contributed by atoms with van der Waals surface area (Å²) < 4.78 is 10.4. The quantitative estimate of drug-likeness (QED) is 0.360. The minimum absolute atomic E-state index is 0.0143. The molecule has 0 aromatic heterocycles. The van der Waals surface area contributed by atoms with Crippen LogP contribution in [0.2, 0.25) is 0 Å². The van der Waals surface area contributed by atoms with Crippen molar-refractivity contribution in [2.45, 2.75) is 66.1 Å². The Kier molecular flexibility index (Phi) is 6.89. The van der Waals surface area contributed by atoms with Gasteiger partial charge < -0.3 is 19.9 Å². The Hall–Kier alpha value is -2.05. The van der Waals surface area contributed by atoms with E-state index in [-0.39, 0.29) is 31.2 Å². The summed E-state index contributed by atoms with van der Waals surface area (Å²) in [5.41, 5.74) is 0.894. The molecule has 0 spiro atoms. The molecule has 27 heavy (non-hydrogen) atoms. The second-order valence-corrected chi connectivity index (χ2v) is 8.02. The lowest BCUT2D eigenvalue weighted by Gasteiger charge is -2.51. The van der Waals surface area contributed by atoms with Crippen LogP contribution in [-0.4, -0.2) is 36.0 Å². The van der Waals surface area contributed by atoms with E-state index in [1.807, 2.05) is 0 Å². The largest absolute Gasteiger partial charge is 0.481 e. The van der Waals surface area contributed by atoms with Gasteiger partial charge in [-0.1, -0.05) is 39.3 Å². The highest BCUT2D eigenvalue weighted by atomic mass is 16.7. The Balaban J connectivity index is 1.97. The molecule has 1 amide bonds. The number of allylic oxidation sites excluding steroid dienone is 2. The van der Waals surface area contributed by atoms with E-state index in [0.29, 0.717) is 5.92 Å². The van der Waals surface area contributed by atoms with Crippen LogP contribution >= 0.6 is 0 Å². The number of fused-ring (bicyclic) bond motifs is 1. The Morgan fingerprint density at radius 3 is 2.56 bits per heavy atom. The van der Waals surface area contributed by atoms with Gasteiger partial charge in [-0.05, 0) is 31.1 Å². The molecule has 4 atom stereocenters. The first-order valence-corrected chi connectivity index (χ1v) is 9.76. The van der Waals surface area contributed by atoms with Gasteiger partial charge in [-0.25, -0.2) is 4.79 Å². The molecule has 2 rings (SSSR count). The van der Waals surface area contributed by atoms with Crippen molar-refractivity contribution in [1.29, 1.82) is 0 Å². The fraction of sp³-hybridized carbons (Fsp3) is 0.750. The van der Waals surface area contributed by atoms with Crippen LogP contribution in [0.3, 0.4) is 0 Å². The SMILES string of the molecule is CCC(=O)O[C@H](OC(=O)NC[C@@]1(CC(=O)O)C[C@H]2CC(CC)=C[C@@H]21)C(C)C. The number of aliphatic carboxylic acids is 1. The number of esters is 1. The van der Waals surface area contributed by atoms with Gasteiger partial charge in [0.15, 0.2) is 0 Å². The predicted molar refractivity (Wildman–Crippen MR) is 98.8 cm³/mol. The number of rotatable bonds is 9. The fourth-order valence-electron chi connectivity index (χ4n) is 4.21. The minimum atomic E-state index is -0.958. The molecular formula is C20H31NO6. The molecule has 1 fully saturated rings. The molecular weight excluding hydrogens is 350 g/mol. The zero-order chi connectivity index (χ0) is 20.2. The van der Waals surface area contributed by atoms with E-state index in [1.54, 1.807) is 20.8 Å². The number of carbonyl (C=O) groups is 3. The summed E-state index contributed by atoms with van der Waals surface area (Å²) in [6.07, 6.45) is 3.54. The summed E-state index contributed by atoms with van der Waals surface area (Å²) >= 11 is 0. The average molecular weight is 381 g/mol. The number of hydrogen-bond donors (Lipinski definition) is 2. The Bertz CT molecular complexity index is 614. The molecule has 2 aliphatic rings. The standard InChI is InChI=1S/C20H31NO6/c1-5-13-7-14-9-20(10-16(22)23,15(14)8-13)11-21-19(25)27-18(12(3)4)26-17(24)6-2/h8,12,14-15,18H,5-7,9-11H2,1-4H3,(H,21,25)(H,22,23)/t14-,15+,18-,20+/m1/s1. The summed E-state index contributed by atoms with van der Waals surface area (Å²) in [7, 11) is 0. The maximum atomic E-state index is 12.2. The van der Waals surface area contributed by atoms with Crippen molar-refractivity contribution in [3.05, 3.63) is 11.6 Å². The third kappa shape index (κ3) is 5.02. The van der Waals surface area contributed by atoms with Crippen LogP contribution in [0, 0.1) is 23.2 Å². The van der Waals surface area contributed by atoms with Crippen LogP contribution in [0.25, 0.3) is 0 Å². The van der Waals surface area contributed by atoms with Gasteiger partial charge in [0.1, 0.15) is 0 Å². The number of carbonyl (C=O) groups excluding carboxylic acids is 2. The van der Waals surface area contributed by atoms with E-state index < -0.39 is 29.7 Å². The molecule has 7 heteroatoms. The van der Waals surface area contributed by atoms with Gasteiger partial charge in [0.25, 0.3) is 6.29 Å². The molecule has 0 aromatic carbocycles. The van der Waals surface area contributed by atoms with Gasteiger partial charge in [0.2, 0.25) is 0 Å². The molecule has 2 aliphatic carbocycles. The second-order valence-electron chi connectivity index (χ2n) is 8.02. The molecule has 0 saturated heterocycles. The molecule has 0 aromatic rings. The van der Waals surface area contributed by atoms with Crippen LogP contribution in [0.5, 0.6) is 0 Å². The molecule has 0 aliphatic heterocycles. The topological polar surface area (TPSA) is 102 Å². The molecule has 0 bridgehead atoms. The van der Waals surface area contributed by atoms with Crippen LogP contribution < -0.4 is 5.32 Å². The number of hydrogen-bond acceptors (Lipinski definition) is 5. The summed E-state index contributed by atoms with van der Waals surface area (Å²) in [5, 5.41) is 12.1. The first-order valence-electron chi connectivity index (χ1n) is 9.76. The summed E-state index contributed by atoms with van der Waals surface area (Å²) in [6, 6.07) is 0. The zero-order valence-electron chi connectivity index (χ0n) is 16.6. The van der Waals surface area contributed by atoms with Crippen LogP contribution in [-0.2, 0) is 19.1 Å². The lowest BCUT2D eigenvalue weighted by atomic mass is 9.53. The first-order chi connectivity index (χ1) is 12.7. The van der Waals surface area contributed by atoms with E-state index in [0.717, 1.165) is 19.3 Å². The molecule has 7 nitrogen and oxygen atoms in total. The highest BCUT2D eigenvalue weighted by Gasteiger charge is 2.55. The lowest BCUT2D eigenvalue weighted by molar-refractivity contribution is -0.174. The van der Waals surface area contributed by atoms with Gasteiger partial charge in [0.05, 0.1) is 6.42 Å². The maximum absolute atomic E-state index is 12.2. The zero-order valence-corrected chi connectivity index (χ0v) is 16.6. The minimum Gasteiger partial charge on any atom is -0.481 e. The highest BCUT2D eigenvalue weighted by Crippen LogP contribution is 2.59. The molecule has 0 radical (unpaired) electrons. The van der Waals surface area contributed by atoms with Crippen molar-refractivity contribution < 1.29 is 29.0 Å². The number of nitrogens with one attached hydrogen (secondary N) is 1. The summed E-state index contributed by atoms with van der Waals surface area (Å²) in [4.78, 5) is 35.1. The predicted octanol–water partition coefficient (Wildman–Crippen LogP) is 3.49. The van der Waals surface area contributed by atoms with E-state index in [4.69, 9.17) is 9.47 Å². The normalized spacial score (nSPS) is 27.2. The van der Waals surface area contributed by atoms with E-state index in [9.17, 15) is 19.5 Å². The van der Waals surface area contributed by atoms with Crippen LogP contribution in [0.4, 0.5) is 4.79 Å². The molecule has 152 valence electrons. The van der Waals surface area contributed by atoms with Crippen LogP contribution in [0.1, 0.15) is 59.8 Å². The average Bonchev–Trinajstić information content (AvgIpc) is 2.95. The van der Waals surface area contributed by atoms with E-state index in [1.165, 1.54) is 5.57 Å². The van der Waals surface area contributed by atoms with Gasteiger partial charge in [-0.2, -0.15) is 0 Å². The number of amides is 1. The fourth-order valence-corrected chi connectivity index (χ4v) is 4.21. The van der Waals surface area contributed by atoms with E-state index in [2.05, 4.69) is 18.3 Å². The third-order valence-corrected chi connectivity index (χ3v) is 5.67. The van der Waals surface area contributed by atoms with Crippen molar-refractivity contribution in [2.75, 3.05) is 6.54 Å². The Morgan fingerprint density at radius 1 is 1.30 bits per heavy atom. The number of alkyl carbamates (subject to hydrolysis) is 1. The Labute approximate surface area is 160 Å². The number of carboxylic acid groups (broad SMARTS) is 1. The monoisotopic (exact) mass is 381 g/mol.